The van der Waals surface area contributed by atoms with Gasteiger partial charge in [0.25, 0.3) is 17.7 Å². The van der Waals surface area contributed by atoms with Gasteiger partial charge in [0.05, 0.1) is 17.4 Å². The zero-order chi connectivity index (χ0) is 23.9. The summed E-state index contributed by atoms with van der Waals surface area (Å²) in [5, 5.41) is 8.57. The van der Waals surface area contributed by atoms with Gasteiger partial charge in [0.15, 0.2) is 0 Å². The monoisotopic (exact) mass is 457 g/mol. The number of benzene rings is 3. The second kappa shape index (κ2) is 10.8. The fourth-order valence-electron chi connectivity index (χ4n) is 3.77. The van der Waals surface area contributed by atoms with Gasteiger partial charge in [-0.1, -0.05) is 36.4 Å². The minimum atomic E-state index is -0.380. The third kappa shape index (κ3) is 5.68. The standard InChI is InChI=1S/C27H27N3O4/c1-18-13-14-20(16-24(18)30-25(31)19-8-3-2-4-9-19)26(32)29-23-12-6-5-11-22(23)27(33)28-17-21-10-7-15-34-21/h2-6,8-9,11-14,16,21H,7,10,15,17H2,1H3,(H,28,33)(H,29,32)(H,30,31)/t21-/m0/s1. The number of nitrogens with one attached hydrogen (secondary N) is 3. The van der Waals surface area contributed by atoms with Crippen LogP contribution in [0.3, 0.4) is 0 Å². The maximum atomic E-state index is 13.0. The van der Waals surface area contributed by atoms with Crippen LogP contribution in [0.25, 0.3) is 0 Å². The van der Waals surface area contributed by atoms with E-state index in [1.807, 2.05) is 13.0 Å². The van der Waals surface area contributed by atoms with Gasteiger partial charge in [-0.2, -0.15) is 0 Å². The van der Waals surface area contributed by atoms with Crippen LogP contribution in [0.2, 0.25) is 0 Å². The highest BCUT2D eigenvalue weighted by molar-refractivity contribution is 6.10. The Morgan fingerprint density at radius 1 is 0.824 bits per heavy atom. The van der Waals surface area contributed by atoms with E-state index in [1.165, 1.54) is 0 Å². The minimum Gasteiger partial charge on any atom is -0.376 e. The topological polar surface area (TPSA) is 96.5 Å². The Balaban J connectivity index is 1.46. The summed E-state index contributed by atoms with van der Waals surface area (Å²) < 4.78 is 5.55. The number of ether oxygens (including phenoxy) is 1. The van der Waals surface area contributed by atoms with Crippen LogP contribution < -0.4 is 16.0 Å². The lowest BCUT2D eigenvalue weighted by molar-refractivity contribution is 0.0858. The highest BCUT2D eigenvalue weighted by Gasteiger charge is 2.19. The molecule has 0 aromatic heterocycles. The van der Waals surface area contributed by atoms with Gasteiger partial charge in [-0.15, -0.1) is 0 Å². The quantitative estimate of drug-likeness (QED) is 0.490. The zero-order valence-corrected chi connectivity index (χ0v) is 19.0. The largest absolute Gasteiger partial charge is 0.376 e. The average molecular weight is 458 g/mol. The molecule has 0 radical (unpaired) electrons. The molecule has 1 atom stereocenters. The molecule has 4 rings (SSSR count). The van der Waals surface area contributed by atoms with Crippen molar-refractivity contribution < 1.29 is 19.1 Å². The second-order valence-corrected chi connectivity index (χ2v) is 8.19. The smallest absolute Gasteiger partial charge is 0.255 e. The molecule has 1 saturated heterocycles. The molecule has 1 aliphatic rings. The van der Waals surface area contributed by atoms with Crippen LogP contribution in [-0.2, 0) is 4.74 Å². The van der Waals surface area contributed by atoms with Crippen LogP contribution in [0.15, 0.2) is 72.8 Å². The van der Waals surface area contributed by atoms with Crippen molar-refractivity contribution in [3.05, 3.63) is 95.1 Å². The molecule has 3 N–H and O–H groups in total. The van der Waals surface area contributed by atoms with Gasteiger partial charge in [-0.25, -0.2) is 0 Å². The van der Waals surface area contributed by atoms with E-state index in [0.717, 1.165) is 25.0 Å². The summed E-state index contributed by atoms with van der Waals surface area (Å²) in [4.78, 5) is 38.3. The van der Waals surface area contributed by atoms with Gasteiger partial charge in [-0.3, -0.25) is 14.4 Å². The van der Waals surface area contributed by atoms with Crippen LogP contribution in [-0.4, -0.2) is 37.0 Å². The highest BCUT2D eigenvalue weighted by Crippen LogP contribution is 2.21. The van der Waals surface area contributed by atoms with Crippen LogP contribution >= 0.6 is 0 Å². The molecule has 1 heterocycles. The maximum Gasteiger partial charge on any atom is 0.255 e. The van der Waals surface area contributed by atoms with E-state index in [2.05, 4.69) is 16.0 Å². The molecule has 3 aromatic rings. The van der Waals surface area contributed by atoms with Crippen LogP contribution in [0.5, 0.6) is 0 Å². The predicted octanol–water partition coefficient (Wildman–Crippen LogP) is 4.41. The van der Waals surface area contributed by atoms with Gasteiger partial charge in [0, 0.05) is 30.0 Å². The Labute approximate surface area is 198 Å². The fourth-order valence-corrected chi connectivity index (χ4v) is 3.77. The molecule has 7 heteroatoms. The Hall–Kier alpha value is -3.97. The lowest BCUT2D eigenvalue weighted by Gasteiger charge is -2.14. The van der Waals surface area contributed by atoms with E-state index in [9.17, 15) is 14.4 Å². The number of hydrogen-bond acceptors (Lipinski definition) is 4. The Morgan fingerprint density at radius 2 is 1.53 bits per heavy atom. The molecule has 0 saturated carbocycles. The first kappa shape index (κ1) is 23.2. The van der Waals surface area contributed by atoms with E-state index < -0.39 is 0 Å². The number of anilines is 2. The first-order valence-electron chi connectivity index (χ1n) is 11.3. The van der Waals surface area contributed by atoms with E-state index >= 15 is 0 Å². The molecule has 3 amide bonds. The third-order valence-corrected chi connectivity index (χ3v) is 5.72. The highest BCUT2D eigenvalue weighted by atomic mass is 16.5. The fraction of sp³-hybridized carbons (Fsp3) is 0.222. The Bertz CT molecular complexity index is 1190. The van der Waals surface area contributed by atoms with Crippen molar-refractivity contribution in [3.63, 3.8) is 0 Å². The number of para-hydroxylation sites is 1. The van der Waals surface area contributed by atoms with Crippen molar-refractivity contribution in [1.82, 2.24) is 5.32 Å². The molecule has 34 heavy (non-hydrogen) atoms. The summed E-state index contributed by atoms with van der Waals surface area (Å²) in [5.74, 6) is -0.907. The maximum absolute atomic E-state index is 13.0. The van der Waals surface area contributed by atoms with E-state index in [-0.39, 0.29) is 23.8 Å². The Morgan fingerprint density at radius 3 is 2.29 bits per heavy atom. The normalized spacial score (nSPS) is 14.9. The van der Waals surface area contributed by atoms with Crippen molar-refractivity contribution in [2.45, 2.75) is 25.9 Å². The van der Waals surface area contributed by atoms with Gasteiger partial charge >= 0.3 is 0 Å². The summed E-state index contributed by atoms with van der Waals surface area (Å²) in [5.41, 5.74) is 3.05. The molecule has 1 fully saturated rings. The van der Waals surface area contributed by atoms with E-state index in [1.54, 1.807) is 66.7 Å². The van der Waals surface area contributed by atoms with Crippen LogP contribution in [0.4, 0.5) is 11.4 Å². The molecule has 0 spiro atoms. The number of aryl methyl sites for hydroxylation is 1. The van der Waals surface area contributed by atoms with Crippen LogP contribution in [0.1, 0.15) is 49.5 Å². The summed E-state index contributed by atoms with van der Waals surface area (Å²) in [6, 6.07) is 20.8. The van der Waals surface area contributed by atoms with Crippen LogP contribution in [0, 0.1) is 6.92 Å². The van der Waals surface area contributed by atoms with Gasteiger partial charge in [0.1, 0.15) is 0 Å². The molecular weight excluding hydrogens is 430 g/mol. The number of hydrogen-bond donors (Lipinski definition) is 3. The molecule has 0 aliphatic carbocycles. The molecular formula is C27H27N3O4. The lowest BCUT2D eigenvalue weighted by atomic mass is 10.1. The van der Waals surface area contributed by atoms with Gasteiger partial charge in [0.2, 0.25) is 0 Å². The summed E-state index contributed by atoms with van der Waals surface area (Å²) in [6.45, 7) is 3.01. The van der Waals surface area contributed by atoms with Crippen molar-refractivity contribution in [2.24, 2.45) is 0 Å². The third-order valence-electron chi connectivity index (χ3n) is 5.72. The van der Waals surface area contributed by atoms with Crippen molar-refractivity contribution >= 4 is 29.1 Å². The number of carbonyl (C=O) groups excluding carboxylic acids is 3. The van der Waals surface area contributed by atoms with E-state index in [0.29, 0.717) is 34.6 Å². The SMILES string of the molecule is Cc1ccc(C(=O)Nc2ccccc2C(=O)NC[C@@H]2CCCO2)cc1NC(=O)c1ccccc1. The van der Waals surface area contributed by atoms with Crippen molar-refractivity contribution in [2.75, 3.05) is 23.8 Å². The zero-order valence-electron chi connectivity index (χ0n) is 19.0. The van der Waals surface area contributed by atoms with E-state index in [4.69, 9.17) is 4.74 Å². The second-order valence-electron chi connectivity index (χ2n) is 8.19. The van der Waals surface area contributed by atoms with Gasteiger partial charge in [-0.05, 0) is 61.7 Å². The minimum absolute atomic E-state index is 0.0304. The first-order chi connectivity index (χ1) is 16.5. The molecule has 3 aromatic carbocycles. The summed E-state index contributed by atoms with van der Waals surface area (Å²) >= 11 is 0. The predicted molar refractivity (Wildman–Crippen MR) is 131 cm³/mol. The van der Waals surface area contributed by atoms with Crippen molar-refractivity contribution in [3.8, 4) is 0 Å². The molecule has 1 aliphatic heterocycles. The van der Waals surface area contributed by atoms with Gasteiger partial charge < -0.3 is 20.7 Å². The van der Waals surface area contributed by atoms with Crippen molar-refractivity contribution in [1.29, 1.82) is 0 Å². The summed E-state index contributed by atoms with van der Waals surface area (Å²) in [7, 11) is 0. The lowest BCUT2D eigenvalue weighted by Crippen LogP contribution is -2.32. The molecule has 0 bridgehead atoms. The molecule has 0 unspecified atom stereocenters. The number of rotatable bonds is 7. The molecule has 7 nitrogen and oxygen atoms in total. The Kier molecular flexibility index (Phi) is 7.34. The summed E-state index contributed by atoms with van der Waals surface area (Å²) in [6.07, 6.45) is 1.95. The molecule has 174 valence electrons. The average Bonchev–Trinajstić information content (AvgIpc) is 3.38. The number of amides is 3. The first-order valence-corrected chi connectivity index (χ1v) is 11.3. The number of carbonyl (C=O) groups is 3.